The Balaban J connectivity index is 1.43. The minimum atomic E-state index is -0.963. The number of halogens is 2. The molecule has 4 aromatic rings. The molecule has 0 aliphatic heterocycles. The summed E-state index contributed by atoms with van der Waals surface area (Å²) < 4.78 is 32.2. The number of amides is 2. The number of H-pyrrole nitrogens is 1. The number of nitrogens with zero attached hydrogens (tertiary/aromatic N) is 2. The van der Waals surface area contributed by atoms with E-state index in [1.807, 2.05) is 0 Å². The predicted octanol–water partition coefficient (Wildman–Crippen LogP) is 4.88. The fourth-order valence-corrected chi connectivity index (χ4v) is 3.23. The average Bonchev–Trinajstić information content (AvgIpc) is 3.39. The van der Waals surface area contributed by atoms with Gasteiger partial charge in [0, 0.05) is 36.6 Å². The Morgan fingerprint density at radius 1 is 1.08 bits per heavy atom. The lowest BCUT2D eigenvalue weighted by Crippen LogP contribution is -2.17. The van der Waals surface area contributed by atoms with Gasteiger partial charge in [0.2, 0.25) is 5.91 Å². The number of carbonyl (C=O) groups excluding carboxylic acids is 2. The van der Waals surface area contributed by atoms with Crippen molar-refractivity contribution in [2.45, 2.75) is 6.67 Å². The molecule has 0 spiro atoms. The normalized spacial score (nSPS) is 10.9. The van der Waals surface area contributed by atoms with Gasteiger partial charge in [-0.3, -0.25) is 14.6 Å². The Labute approximate surface area is 205 Å². The third kappa shape index (κ3) is 5.98. The third-order valence-electron chi connectivity index (χ3n) is 5.00. The number of ether oxygens (including phenoxy) is 1. The number of hydrogen-bond donors (Lipinski definition) is 3. The number of aromatic nitrogens is 3. The molecule has 36 heavy (non-hydrogen) atoms. The maximum atomic E-state index is 13.4. The van der Waals surface area contributed by atoms with Crippen molar-refractivity contribution in [2.75, 3.05) is 12.4 Å². The molecule has 182 valence electrons. The first kappa shape index (κ1) is 24.3. The van der Waals surface area contributed by atoms with Crippen molar-refractivity contribution in [1.82, 2.24) is 20.3 Å². The SMILES string of the molecule is CNC(=O)c1cnc(-c2cc(Oc3cccc(/C=C/C(=O)Nc4ccc(F)c(CF)c4)c3)ccn2)[nH]1. The number of nitrogens with one attached hydrogen (secondary N) is 3. The highest BCUT2D eigenvalue weighted by Gasteiger charge is 2.11. The number of carbonyl (C=O) groups is 2. The highest BCUT2D eigenvalue weighted by Crippen LogP contribution is 2.25. The quantitative estimate of drug-likeness (QED) is 0.306. The van der Waals surface area contributed by atoms with Crippen LogP contribution in [0.15, 0.2) is 73.1 Å². The van der Waals surface area contributed by atoms with E-state index in [1.165, 1.54) is 31.5 Å². The van der Waals surface area contributed by atoms with Gasteiger partial charge in [0.25, 0.3) is 5.91 Å². The molecule has 0 bridgehead atoms. The molecular weight excluding hydrogens is 468 g/mol. The van der Waals surface area contributed by atoms with Gasteiger partial charge in [-0.1, -0.05) is 12.1 Å². The molecule has 0 saturated carbocycles. The van der Waals surface area contributed by atoms with Gasteiger partial charge >= 0.3 is 0 Å². The van der Waals surface area contributed by atoms with E-state index < -0.39 is 18.4 Å². The molecular formula is C26H21F2N5O3. The summed E-state index contributed by atoms with van der Waals surface area (Å²) in [5.74, 6) is 0.0274. The second kappa shape index (κ2) is 11.0. The van der Waals surface area contributed by atoms with E-state index in [0.29, 0.717) is 40.0 Å². The molecule has 0 aliphatic rings. The number of hydrogen-bond acceptors (Lipinski definition) is 5. The van der Waals surface area contributed by atoms with Crippen molar-refractivity contribution in [3.8, 4) is 23.0 Å². The average molecular weight is 489 g/mol. The summed E-state index contributed by atoms with van der Waals surface area (Å²) in [5, 5.41) is 5.09. The first-order valence-electron chi connectivity index (χ1n) is 10.8. The Morgan fingerprint density at radius 3 is 2.72 bits per heavy atom. The summed E-state index contributed by atoms with van der Waals surface area (Å²) in [6.45, 7) is -0.963. The number of rotatable bonds is 8. The Kier molecular flexibility index (Phi) is 7.45. The van der Waals surface area contributed by atoms with Crippen LogP contribution in [-0.4, -0.2) is 33.8 Å². The molecule has 2 amide bonds. The summed E-state index contributed by atoms with van der Waals surface area (Å²) in [5.41, 5.74) is 1.67. The van der Waals surface area contributed by atoms with Gasteiger partial charge in [-0.05, 0) is 48.0 Å². The summed E-state index contributed by atoms with van der Waals surface area (Å²) in [4.78, 5) is 35.3. The van der Waals surface area contributed by atoms with Gasteiger partial charge in [0.05, 0.1) is 6.20 Å². The lowest BCUT2D eigenvalue weighted by Gasteiger charge is -2.07. The highest BCUT2D eigenvalue weighted by molar-refractivity contribution is 6.02. The maximum absolute atomic E-state index is 13.4. The molecule has 0 radical (unpaired) electrons. The molecule has 2 aromatic carbocycles. The standard InChI is InChI=1S/C26H21F2N5O3/c1-29-26(35)23-15-31-25(33-23)22-13-20(9-10-30-22)36-19-4-2-3-16(11-19)5-8-24(34)32-18-6-7-21(28)17(12-18)14-27/h2-13,15H,14H2,1H3,(H,29,35)(H,31,33)(H,32,34)/b8-5+. The second-order valence-corrected chi connectivity index (χ2v) is 7.54. The molecule has 0 fully saturated rings. The number of benzene rings is 2. The van der Waals surface area contributed by atoms with Crippen LogP contribution in [-0.2, 0) is 11.5 Å². The fraction of sp³-hybridized carbons (Fsp3) is 0.0769. The van der Waals surface area contributed by atoms with E-state index >= 15 is 0 Å². The highest BCUT2D eigenvalue weighted by atomic mass is 19.1. The monoisotopic (exact) mass is 489 g/mol. The number of alkyl halides is 1. The van der Waals surface area contributed by atoms with Gasteiger partial charge in [-0.25, -0.2) is 13.8 Å². The van der Waals surface area contributed by atoms with Crippen LogP contribution in [0.25, 0.3) is 17.6 Å². The van der Waals surface area contributed by atoms with Crippen LogP contribution in [0.2, 0.25) is 0 Å². The number of pyridine rings is 1. The van der Waals surface area contributed by atoms with Gasteiger partial charge in [-0.15, -0.1) is 0 Å². The largest absolute Gasteiger partial charge is 0.457 e. The second-order valence-electron chi connectivity index (χ2n) is 7.54. The zero-order valence-electron chi connectivity index (χ0n) is 19.1. The van der Waals surface area contributed by atoms with E-state index in [9.17, 15) is 18.4 Å². The minimum absolute atomic E-state index is 0.125. The van der Waals surface area contributed by atoms with Gasteiger partial charge in [0.1, 0.15) is 35.4 Å². The van der Waals surface area contributed by atoms with Crippen LogP contribution in [0.1, 0.15) is 21.6 Å². The maximum Gasteiger partial charge on any atom is 0.269 e. The zero-order valence-corrected chi connectivity index (χ0v) is 19.1. The van der Waals surface area contributed by atoms with Gasteiger partial charge in [-0.2, -0.15) is 0 Å². The molecule has 0 aliphatic carbocycles. The topological polar surface area (TPSA) is 109 Å². The number of aromatic amines is 1. The molecule has 4 rings (SSSR count). The van der Waals surface area contributed by atoms with Crippen LogP contribution < -0.4 is 15.4 Å². The van der Waals surface area contributed by atoms with Crippen molar-refractivity contribution >= 4 is 23.6 Å². The van der Waals surface area contributed by atoms with Crippen LogP contribution in [0, 0.1) is 5.82 Å². The Hall–Kier alpha value is -4.86. The summed E-state index contributed by atoms with van der Waals surface area (Å²) >= 11 is 0. The van der Waals surface area contributed by atoms with Crippen LogP contribution >= 0.6 is 0 Å². The molecule has 2 aromatic heterocycles. The van der Waals surface area contributed by atoms with Crippen molar-refractivity contribution in [3.05, 3.63) is 95.7 Å². The van der Waals surface area contributed by atoms with Crippen molar-refractivity contribution in [2.24, 2.45) is 0 Å². The molecule has 2 heterocycles. The smallest absolute Gasteiger partial charge is 0.269 e. The molecule has 10 heteroatoms. The van der Waals surface area contributed by atoms with Crippen LogP contribution in [0.5, 0.6) is 11.5 Å². The van der Waals surface area contributed by atoms with E-state index in [-0.39, 0.29) is 11.5 Å². The number of imidazole rings is 1. The van der Waals surface area contributed by atoms with Crippen molar-refractivity contribution in [3.63, 3.8) is 0 Å². The Morgan fingerprint density at radius 2 is 1.92 bits per heavy atom. The summed E-state index contributed by atoms with van der Waals surface area (Å²) in [6.07, 6.45) is 5.88. The molecule has 8 nitrogen and oxygen atoms in total. The predicted molar refractivity (Wildman–Crippen MR) is 131 cm³/mol. The third-order valence-corrected chi connectivity index (χ3v) is 5.00. The summed E-state index contributed by atoms with van der Waals surface area (Å²) in [7, 11) is 1.53. The van der Waals surface area contributed by atoms with Crippen LogP contribution in [0.3, 0.4) is 0 Å². The van der Waals surface area contributed by atoms with Crippen molar-refractivity contribution < 1.29 is 23.1 Å². The van der Waals surface area contributed by atoms with E-state index in [4.69, 9.17) is 4.74 Å². The molecule has 0 saturated heterocycles. The lowest BCUT2D eigenvalue weighted by molar-refractivity contribution is -0.111. The summed E-state index contributed by atoms with van der Waals surface area (Å²) in [6, 6.07) is 14.1. The van der Waals surface area contributed by atoms with Gasteiger partial charge in [0.15, 0.2) is 5.82 Å². The number of anilines is 1. The van der Waals surface area contributed by atoms with E-state index in [1.54, 1.807) is 48.7 Å². The first-order chi connectivity index (χ1) is 17.4. The van der Waals surface area contributed by atoms with Crippen molar-refractivity contribution in [1.29, 1.82) is 0 Å². The van der Waals surface area contributed by atoms with E-state index in [2.05, 4.69) is 25.6 Å². The minimum Gasteiger partial charge on any atom is -0.457 e. The first-order valence-corrected chi connectivity index (χ1v) is 10.8. The zero-order chi connectivity index (χ0) is 25.5. The molecule has 0 atom stereocenters. The molecule has 3 N–H and O–H groups in total. The molecule has 0 unspecified atom stereocenters. The fourth-order valence-electron chi connectivity index (χ4n) is 3.23. The Bertz CT molecular complexity index is 1430. The van der Waals surface area contributed by atoms with E-state index in [0.717, 1.165) is 6.07 Å². The van der Waals surface area contributed by atoms with Gasteiger partial charge < -0.3 is 20.4 Å². The van der Waals surface area contributed by atoms with Crippen LogP contribution in [0.4, 0.5) is 14.5 Å². The lowest BCUT2D eigenvalue weighted by atomic mass is 10.2.